The molecule has 0 aromatic heterocycles. The Bertz CT molecular complexity index is 905. The van der Waals surface area contributed by atoms with Gasteiger partial charge in [0.05, 0.1) is 10.8 Å². The quantitative estimate of drug-likeness (QED) is 0.803. The summed E-state index contributed by atoms with van der Waals surface area (Å²) in [6.45, 7) is 9.45. The van der Waals surface area contributed by atoms with Crippen LogP contribution in [-0.4, -0.2) is 92.5 Å². The van der Waals surface area contributed by atoms with Crippen LogP contribution < -0.4 is 5.32 Å². The van der Waals surface area contributed by atoms with Gasteiger partial charge in [0.2, 0.25) is 0 Å². The fourth-order valence-electron chi connectivity index (χ4n) is 6.61. The summed E-state index contributed by atoms with van der Waals surface area (Å²) < 4.78 is 0. The number of carbonyl (C=O) groups is 1. The minimum Gasteiger partial charge on any atom is -0.314 e. The molecule has 2 aromatic carbocycles. The van der Waals surface area contributed by atoms with E-state index in [9.17, 15) is 4.79 Å². The van der Waals surface area contributed by atoms with Crippen LogP contribution >= 0.6 is 0 Å². The monoisotopic (exact) mass is 432 g/mol. The van der Waals surface area contributed by atoms with Crippen LogP contribution in [0.1, 0.15) is 18.1 Å². The van der Waals surface area contributed by atoms with Crippen molar-refractivity contribution in [1.82, 2.24) is 20.0 Å². The highest BCUT2D eigenvalue weighted by Crippen LogP contribution is 2.47. The normalized spacial score (nSPS) is 34.9. The fourth-order valence-corrected chi connectivity index (χ4v) is 6.61. The summed E-state index contributed by atoms with van der Waals surface area (Å²) >= 11 is 0. The number of likely N-dealkylation sites (N-methyl/N-ethyl adjacent to an activating group) is 2. The molecule has 0 spiro atoms. The molecule has 5 heteroatoms. The molecular weight excluding hydrogens is 396 g/mol. The lowest BCUT2D eigenvalue weighted by atomic mass is 9.57. The van der Waals surface area contributed by atoms with E-state index in [1.165, 1.54) is 0 Å². The lowest BCUT2D eigenvalue weighted by Crippen LogP contribution is -2.76. The van der Waals surface area contributed by atoms with E-state index in [1.807, 2.05) is 12.1 Å². The number of ketones is 1. The average Bonchev–Trinajstić information content (AvgIpc) is 2.97. The summed E-state index contributed by atoms with van der Waals surface area (Å²) in [4.78, 5) is 22.1. The molecule has 1 N–H and O–H groups in total. The van der Waals surface area contributed by atoms with Gasteiger partial charge in [-0.15, -0.1) is 0 Å². The number of fused-ring (bicyclic) bond motifs is 2. The van der Waals surface area contributed by atoms with Crippen LogP contribution in [0.25, 0.3) is 0 Å². The van der Waals surface area contributed by atoms with Gasteiger partial charge in [-0.25, -0.2) is 0 Å². The molecule has 3 fully saturated rings. The first-order chi connectivity index (χ1) is 15.4. The Morgan fingerprint density at radius 1 is 0.750 bits per heavy atom. The zero-order chi connectivity index (χ0) is 22.4. The first kappa shape index (κ1) is 21.8. The van der Waals surface area contributed by atoms with Gasteiger partial charge < -0.3 is 15.1 Å². The predicted molar refractivity (Wildman–Crippen MR) is 129 cm³/mol. The highest BCUT2D eigenvalue weighted by atomic mass is 16.1. The zero-order valence-electron chi connectivity index (χ0n) is 19.7. The molecule has 3 aliphatic rings. The number of likely N-dealkylation sites (tertiary alicyclic amines) is 2. The fraction of sp³-hybridized carbons (Fsp3) is 0.519. The van der Waals surface area contributed by atoms with E-state index in [2.05, 4.69) is 89.6 Å². The second-order valence-electron chi connectivity index (χ2n) is 10.7. The molecule has 0 saturated carbocycles. The van der Waals surface area contributed by atoms with Crippen LogP contribution in [0.3, 0.4) is 0 Å². The van der Waals surface area contributed by atoms with Gasteiger partial charge in [-0.1, -0.05) is 60.7 Å². The standard InChI is InChI=1S/C27H36N4O/c1-25(16-28-14-15-29(2)17-25)31-20-26(22-10-6-4-7-11-22)18-30(3)19-27(21-31,24(26)32)23-12-8-5-9-13-23/h4-13,28H,14-21H2,1-3H3. The van der Waals surface area contributed by atoms with Crippen molar-refractivity contribution in [2.45, 2.75) is 23.3 Å². The molecular formula is C27H36N4O. The van der Waals surface area contributed by atoms with Crippen molar-refractivity contribution in [3.05, 3.63) is 71.8 Å². The van der Waals surface area contributed by atoms with Gasteiger partial charge in [0, 0.05) is 57.9 Å². The van der Waals surface area contributed by atoms with Gasteiger partial charge in [-0.3, -0.25) is 9.69 Å². The highest BCUT2D eigenvalue weighted by molar-refractivity contribution is 6.01. The third-order valence-corrected chi connectivity index (χ3v) is 8.07. The summed E-state index contributed by atoms with van der Waals surface area (Å²) in [6, 6.07) is 21.1. The van der Waals surface area contributed by atoms with Crippen molar-refractivity contribution in [1.29, 1.82) is 0 Å². The number of carbonyl (C=O) groups excluding carboxylic acids is 1. The molecule has 3 saturated heterocycles. The number of Topliss-reactive ketones (excluding diaryl/α,β-unsaturated/α-hetero) is 1. The molecule has 0 amide bonds. The second kappa shape index (κ2) is 8.07. The van der Waals surface area contributed by atoms with Crippen LogP contribution in [0.5, 0.6) is 0 Å². The maximum Gasteiger partial charge on any atom is 0.159 e. The molecule has 0 aliphatic carbocycles. The van der Waals surface area contributed by atoms with Crippen molar-refractivity contribution in [3.63, 3.8) is 0 Å². The van der Waals surface area contributed by atoms with Gasteiger partial charge in [0.15, 0.2) is 5.78 Å². The lowest BCUT2D eigenvalue weighted by Gasteiger charge is -2.60. The Labute approximate surface area is 192 Å². The summed E-state index contributed by atoms with van der Waals surface area (Å²) in [7, 11) is 4.40. The molecule has 5 rings (SSSR count). The molecule has 2 aromatic rings. The van der Waals surface area contributed by atoms with Crippen molar-refractivity contribution in [2.75, 3.05) is 66.5 Å². The summed E-state index contributed by atoms with van der Waals surface area (Å²) in [5, 5.41) is 3.68. The molecule has 0 radical (unpaired) electrons. The SMILES string of the molecule is CN1CC2(c3ccccc3)CN(C3(C)CNCCN(C)C3)CC(c3ccccc3)(C1)C2=O. The molecule has 170 valence electrons. The first-order valence-corrected chi connectivity index (χ1v) is 11.9. The first-order valence-electron chi connectivity index (χ1n) is 11.9. The van der Waals surface area contributed by atoms with Crippen LogP contribution in [0, 0.1) is 0 Å². The van der Waals surface area contributed by atoms with Gasteiger partial charge in [-0.05, 0) is 32.1 Å². The van der Waals surface area contributed by atoms with Crippen molar-refractivity contribution < 1.29 is 4.79 Å². The summed E-state index contributed by atoms with van der Waals surface area (Å²) in [6.07, 6.45) is 0. The molecule has 2 bridgehead atoms. The molecule has 5 nitrogen and oxygen atoms in total. The number of nitrogens with zero attached hydrogens (tertiary/aromatic N) is 3. The maximum atomic E-state index is 14.6. The van der Waals surface area contributed by atoms with E-state index in [-0.39, 0.29) is 5.54 Å². The number of piperidine rings is 2. The Hall–Kier alpha value is -2.05. The predicted octanol–water partition coefficient (Wildman–Crippen LogP) is 1.99. The van der Waals surface area contributed by atoms with Gasteiger partial charge in [0.1, 0.15) is 0 Å². The second-order valence-corrected chi connectivity index (χ2v) is 10.7. The Kier molecular flexibility index (Phi) is 5.49. The minimum atomic E-state index is -0.532. The summed E-state index contributed by atoms with van der Waals surface area (Å²) in [5.74, 6) is 0.398. The lowest BCUT2D eigenvalue weighted by molar-refractivity contribution is -0.147. The molecule has 3 unspecified atom stereocenters. The highest BCUT2D eigenvalue weighted by Gasteiger charge is 2.62. The number of benzene rings is 2. The van der Waals surface area contributed by atoms with Gasteiger partial charge in [-0.2, -0.15) is 0 Å². The van der Waals surface area contributed by atoms with Crippen molar-refractivity contribution >= 4 is 5.78 Å². The zero-order valence-corrected chi connectivity index (χ0v) is 19.7. The van der Waals surface area contributed by atoms with Crippen molar-refractivity contribution in [2.24, 2.45) is 0 Å². The van der Waals surface area contributed by atoms with Crippen LogP contribution in [-0.2, 0) is 15.6 Å². The molecule has 3 heterocycles. The topological polar surface area (TPSA) is 38.8 Å². The van der Waals surface area contributed by atoms with Crippen LogP contribution in [0.15, 0.2) is 60.7 Å². The molecule has 3 aliphatic heterocycles. The Morgan fingerprint density at radius 3 is 1.81 bits per heavy atom. The third kappa shape index (κ3) is 3.43. The van der Waals surface area contributed by atoms with Crippen LogP contribution in [0.2, 0.25) is 0 Å². The number of rotatable bonds is 3. The minimum absolute atomic E-state index is 0.0398. The van der Waals surface area contributed by atoms with Crippen LogP contribution in [0.4, 0.5) is 0 Å². The maximum absolute atomic E-state index is 14.6. The van der Waals surface area contributed by atoms with Gasteiger partial charge >= 0.3 is 0 Å². The average molecular weight is 433 g/mol. The van der Waals surface area contributed by atoms with E-state index in [1.54, 1.807) is 0 Å². The molecule has 32 heavy (non-hydrogen) atoms. The van der Waals surface area contributed by atoms with E-state index >= 15 is 0 Å². The van der Waals surface area contributed by atoms with E-state index in [0.717, 1.165) is 63.5 Å². The van der Waals surface area contributed by atoms with E-state index < -0.39 is 10.8 Å². The summed E-state index contributed by atoms with van der Waals surface area (Å²) in [5.41, 5.74) is 1.20. The van der Waals surface area contributed by atoms with Gasteiger partial charge in [0.25, 0.3) is 0 Å². The molecule has 3 atom stereocenters. The number of hydrogen-bond acceptors (Lipinski definition) is 5. The van der Waals surface area contributed by atoms with E-state index in [0.29, 0.717) is 5.78 Å². The van der Waals surface area contributed by atoms with Crippen molar-refractivity contribution in [3.8, 4) is 0 Å². The van der Waals surface area contributed by atoms with E-state index in [4.69, 9.17) is 0 Å². The largest absolute Gasteiger partial charge is 0.314 e. The number of hydrogen-bond donors (Lipinski definition) is 1. The number of nitrogens with one attached hydrogen (secondary N) is 1. The third-order valence-electron chi connectivity index (χ3n) is 8.07. The smallest absolute Gasteiger partial charge is 0.159 e. The Morgan fingerprint density at radius 2 is 1.28 bits per heavy atom. The Balaban J connectivity index is 1.67.